The van der Waals surface area contributed by atoms with Crippen LogP contribution < -0.4 is 16.8 Å². The molecule has 104 valence electrons. The van der Waals surface area contributed by atoms with Crippen LogP contribution in [0.5, 0.6) is 0 Å². The van der Waals surface area contributed by atoms with Gasteiger partial charge in [0.2, 0.25) is 0 Å². The van der Waals surface area contributed by atoms with Crippen LogP contribution in [0.3, 0.4) is 0 Å². The van der Waals surface area contributed by atoms with E-state index in [1.165, 1.54) is 4.57 Å². The number of nitrogens with two attached hydrogens (primary N) is 1. The lowest BCUT2D eigenvalue weighted by atomic mass is 10.0. The fraction of sp³-hybridized carbons (Fsp3) is 0.500. The summed E-state index contributed by atoms with van der Waals surface area (Å²) in [5.41, 5.74) is 8.29. The standard InChI is InChI=1S/C14H21N3O2/c1-9(2)11(7-15)16-8-10-4-5-13-12(6-10)17(3)14(18)19-13/h4-6,9,11,16H,7-8,15H2,1-3H3. The number of rotatable bonds is 5. The summed E-state index contributed by atoms with van der Waals surface area (Å²) in [6, 6.07) is 6.07. The molecule has 5 heteroatoms. The molecule has 0 amide bonds. The van der Waals surface area contributed by atoms with E-state index in [0.717, 1.165) is 17.6 Å². The number of benzene rings is 1. The molecule has 2 rings (SSSR count). The van der Waals surface area contributed by atoms with Crippen LogP contribution >= 0.6 is 0 Å². The average molecular weight is 263 g/mol. The first-order chi connectivity index (χ1) is 9.02. The molecule has 0 radical (unpaired) electrons. The Morgan fingerprint density at radius 2 is 2.16 bits per heavy atom. The Morgan fingerprint density at radius 3 is 2.79 bits per heavy atom. The van der Waals surface area contributed by atoms with Crippen LogP contribution in [-0.4, -0.2) is 17.2 Å². The van der Waals surface area contributed by atoms with Crippen molar-refractivity contribution < 1.29 is 4.42 Å². The van der Waals surface area contributed by atoms with E-state index in [0.29, 0.717) is 24.1 Å². The van der Waals surface area contributed by atoms with Crippen LogP contribution in [0.1, 0.15) is 19.4 Å². The number of fused-ring (bicyclic) bond motifs is 1. The van der Waals surface area contributed by atoms with Gasteiger partial charge in [-0.2, -0.15) is 0 Å². The number of hydrogen-bond donors (Lipinski definition) is 2. The highest BCUT2D eigenvalue weighted by Gasteiger charge is 2.11. The van der Waals surface area contributed by atoms with Gasteiger partial charge in [0.15, 0.2) is 5.58 Å². The molecule has 1 atom stereocenters. The quantitative estimate of drug-likeness (QED) is 0.850. The van der Waals surface area contributed by atoms with Crippen molar-refractivity contribution >= 4 is 11.1 Å². The number of aromatic nitrogens is 1. The summed E-state index contributed by atoms with van der Waals surface area (Å²) < 4.78 is 6.62. The fourth-order valence-electron chi connectivity index (χ4n) is 2.12. The molecule has 5 nitrogen and oxygen atoms in total. The van der Waals surface area contributed by atoms with Crippen LogP contribution in [0, 0.1) is 5.92 Å². The molecule has 0 saturated carbocycles. The molecule has 1 heterocycles. The molecule has 19 heavy (non-hydrogen) atoms. The molecule has 0 fully saturated rings. The van der Waals surface area contributed by atoms with Gasteiger partial charge in [-0.25, -0.2) is 4.79 Å². The number of oxazole rings is 1. The smallest absolute Gasteiger partial charge is 0.408 e. The molecule has 0 saturated heterocycles. The molecule has 0 spiro atoms. The minimum Gasteiger partial charge on any atom is -0.408 e. The summed E-state index contributed by atoms with van der Waals surface area (Å²) in [5, 5.41) is 3.43. The summed E-state index contributed by atoms with van der Waals surface area (Å²) >= 11 is 0. The zero-order chi connectivity index (χ0) is 14.0. The topological polar surface area (TPSA) is 73.2 Å². The van der Waals surface area contributed by atoms with Crippen molar-refractivity contribution in [3.63, 3.8) is 0 Å². The first-order valence-electron chi connectivity index (χ1n) is 6.55. The third-order valence-electron chi connectivity index (χ3n) is 3.48. The maximum atomic E-state index is 11.4. The second kappa shape index (κ2) is 5.59. The minimum absolute atomic E-state index is 0.295. The second-order valence-electron chi connectivity index (χ2n) is 5.20. The van der Waals surface area contributed by atoms with E-state index < -0.39 is 0 Å². The predicted octanol–water partition coefficient (Wildman–Crippen LogP) is 1.20. The normalized spacial score (nSPS) is 13.3. The predicted molar refractivity (Wildman–Crippen MR) is 76.0 cm³/mol. The van der Waals surface area contributed by atoms with Gasteiger partial charge in [-0.3, -0.25) is 4.57 Å². The van der Waals surface area contributed by atoms with Gasteiger partial charge in [0.05, 0.1) is 5.52 Å². The molecule has 0 bridgehead atoms. The summed E-state index contributed by atoms with van der Waals surface area (Å²) in [6.07, 6.45) is 0. The lowest BCUT2D eigenvalue weighted by Gasteiger charge is -2.20. The van der Waals surface area contributed by atoms with Crippen molar-refractivity contribution in [2.45, 2.75) is 26.4 Å². The van der Waals surface area contributed by atoms with Crippen molar-refractivity contribution in [2.24, 2.45) is 18.7 Å². The highest BCUT2D eigenvalue weighted by molar-refractivity contribution is 5.73. The van der Waals surface area contributed by atoms with E-state index >= 15 is 0 Å². The Kier molecular flexibility index (Phi) is 4.07. The van der Waals surface area contributed by atoms with Crippen molar-refractivity contribution in [3.8, 4) is 0 Å². The lowest BCUT2D eigenvalue weighted by Crippen LogP contribution is -2.39. The Labute approximate surface area is 112 Å². The number of nitrogens with one attached hydrogen (secondary N) is 1. The van der Waals surface area contributed by atoms with Gasteiger partial charge in [0.25, 0.3) is 0 Å². The largest absolute Gasteiger partial charge is 0.419 e. The summed E-state index contributed by atoms with van der Waals surface area (Å²) in [7, 11) is 1.71. The van der Waals surface area contributed by atoms with Gasteiger partial charge in [-0.1, -0.05) is 19.9 Å². The monoisotopic (exact) mass is 263 g/mol. The van der Waals surface area contributed by atoms with E-state index in [2.05, 4.69) is 19.2 Å². The maximum Gasteiger partial charge on any atom is 0.419 e. The molecule has 0 aliphatic carbocycles. The molecule has 0 aliphatic rings. The fourth-order valence-corrected chi connectivity index (χ4v) is 2.12. The molecular formula is C14H21N3O2. The van der Waals surface area contributed by atoms with Crippen LogP contribution in [0.4, 0.5) is 0 Å². The van der Waals surface area contributed by atoms with Crippen molar-refractivity contribution in [1.82, 2.24) is 9.88 Å². The minimum atomic E-state index is -0.331. The number of aryl methyl sites for hydroxylation is 1. The van der Waals surface area contributed by atoms with Gasteiger partial charge in [-0.15, -0.1) is 0 Å². The zero-order valence-electron chi connectivity index (χ0n) is 11.6. The Balaban J connectivity index is 2.17. The van der Waals surface area contributed by atoms with E-state index in [-0.39, 0.29) is 5.76 Å². The Bertz CT molecular complexity index is 613. The van der Waals surface area contributed by atoms with Crippen LogP contribution in [-0.2, 0) is 13.6 Å². The van der Waals surface area contributed by atoms with Crippen LogP contribution in [0.25, 0.3) is 11.1 Å². The zero-order valence-corrected chi connectivity index (χ0v) is 11.6. The van der Waals surface area contributed by atoms with Gasteiger partial charge < -0.3 is 15.5 Å². The first kappa shape index (κ1) is 13.8. The summed E-state index contributed by atoms with van der Waals surface area (Å²) in [5.74, 6) is 0.161. The van der Waals surface area contributed by atoms with E-state index in [9.17, 15) is 4.79 Å². The third-order valence-corrected chi connectivity index (χ3v) is 3.48. The van der Waals surface area contributed by atoms with Crippen LogP contribution in [0.2, 0.25) is 0 Å². The molecule has 1 unspecified atom stereocenters. The second-order valence-corrected chi connectivity index (χ2v) is 5.20. The van der Waals surface area contributed by atoms with Gasteiger partial charge in [0, 0.05) is 26.2 Å². The highest BCUT2D eigenvalue weighted by atomic mass is 16.4. The lowest BCUT2D eigenvalue weighted by molar-refractivity contribution is 0.405. The molecule has 1 aromatic carbocycles. The molecule has 1 aromatic heterocycles. The highest BCUT2D eigenvalue weighted by Crippen LogP contribution is 2.14. The Morgan fingerprint density at radius 1 is 1.42 bits per heavy atom. The molecule has 0 aliphatic heterocycles. The SMILES string of the molecule is CC(C)C(CN)NCc1ccc2oc(=O)n(C)c2c1. The van der Waals surface area contributed by atoms with Crippen molar-refractivity contribution in [1.29, 1.82) is 0 Å². The third kappa shape index (κ3) is 2.88. The van der Waals surface area contributed by atoms with Gasteiger partial charge in [-0.05, 0) is 23.6 Å². The molecule has 2 aromatic rings. The Hall–Kier alpha value is -1.59. The first-order valence-corrected chi connectivity index (χ1v) is 6.55. The number of nitrogens with zero attached hydrogens (tertiary/aromatic N) is 1. The van der Waals surface area contributed by atoms with E-state index in [1.807, 2.05) is 18.2 Å². The van der Waals surface area contributed by atoms with Crippen LogP contribution in [0.15, 0.2) is 27.4 Å². The average Bonchev–Trinajstić information content (AvgIpc) is 2.66. The van der Waals surface area contributed by atoms with Crippen molar-refractivity contribution in [3.05, 3.63) is 34.3 Å². The maximum absolute atomic E-state index is 11.4. The summed E-state index contributed by atoms with van der Waals surface area (Å²) in [6.45, 7) is 5.64. The van der Waals surface area contributed by atoms with Crippen molar-refractivity contribution in [2.75, 3.05) is 6.54 Å². The molecular weight excluding hydrogens is 242 g/mol. The number of hydrogen-bond acceptors (Lipinski definition) is 4. The van der Waals surface area contributed by atoms with E-state index in [1.54, 1.807) is 7.05 Å². The van der Waals surface area contributed by atoms with E-state index in [4.69, 9.17) is 10.2 Å². The van der Waals surface area contributed by atoms with Gasteiger partial charge in [0.1, 0.15) is 0 Å². The summed E-state index contributed by atoms with van der Waals surface area (Å²) in [4.78, 5) is 11.4. The van der Waals surface area contributed by atoms with Gasteiger partial charge >= 0.3 is 5.76 Å². The molecule has 3 N–H and O–H groups in total.